The van der Waals surface area contributed by atoms with Crippen LogP contribution >= 0.6 is 0 Å². The molecular formula is C21H29NO3. The summed E-state index contributed by atoms with van der Waals surface area (Å²) in [6.07, 6.45) is 4.62. The molecule has 0 fully saturated rings. The second kappa shape index (κ2) is 17.9. The molecule has 0 spiro atoms. The van der Waals surface area contributed by atoms with E-state index in [1.807, 2.05) is 36.4 Å². The standard InChI is InChI=1S/C10H12O.C8H11N.C3H6O2/c11-9-5-4-8-10-6-2-1-3-7-10;9-7-6-8-4-2-1-3-5-8;1-2-5-3-4/h1-3,6-7,9H,4-5,8H2;1-5H,6-7,9H2;3H,2H2,1H3. The highest BCUT2D eigenvalue weighted by atomic mass is 16.5. The molecule has 0 unspecified atom stereocenters. The highest BCUT2D eigenvalue weighted by Gasteiger charge is 1.89. The number of aryl methyl sites for hydroxylation is 1. The molecule has 0 amide bonds. The molecule has 0 aliphatic rings. The Morgan fingerprint density at radius 3 is 1.76 bits per heavy atom. The Morgan fingerprint density at radius 2 is 1.40 bits per heavy atom. The number of nitrogens with two attached hydrogens (primary N) is 1. The number of aldehydes is 1. The zero-order chi connectivity index (χ0) is 18.6. The van der Waals surface area contributed by atoms with Crippen molar-refractivity contribution in [1.29, 1.82) is 0 Å². The van der Waals surface area contributed by atoms with Gasteiger partial charge in [0, 0.05) is 6.42 Å². The summed E-state index contributed by atoms with van der Waals surface area (Å²) in [6, 6.07) is 20.5. The fourth-order valence-electron chi connectivity index (χ4n) is 1.91. The quantitative estimate of drug-likeness (QED) is 0.587. The molecule has 0 saturated heterocycles. The molecule has 25 heavy (non-hydrogen) atoms. The maximum atomic E-state index is 10.00. The lowest BCUT2D eigenvalue weighted by atomic mass is 10.1. The van der Waals surface area contributed by atoms with E-state index < -0.39 is 0 Å². The van der Waals surface area contributed by atoms with E-state index in [0.717, 1.165) is 32.1 Å². The summed E-state index contributed by atoms with van der Waals surface area (Å²) >= 11 is 0. The lowest BCUT2D eigenvalue weighted by Crippen LogP contribution is -2.01. The third kappa shape index (κ3) is 14.8. The topological polar surface area (TPSA) is 69.4 Å². The summed E-state index contributed by atoms with van der Waals surface area (Å²) in [5.41, 5.74) is 7.99. The predicted molar refractivity (Wildman–Crippen MR) is 102 cm³/mol. The Balaban J connectivity index is 0.000000372. The third-order valence-corrected chi connectivity index (χ3v) is 3.14. The van der Waals surface area contributed by atoms with Crippen molar-refractivity contribution < 1.29 is 14.3 Å². The molecule has 0 bridgehead atoms. The van der Waals surface area contributed by atoms with E-state index >= 15 is 0 Å². The number of hydrogen-bond donors (Lipinski definition) is 1. The zero-order valence-corrected chi connectivity index (χ0v) is 15.0. The first kappa shape index (κ1) is 22.5. The van der Waals surface area contributed by atoms with E-state index in [4.69, 9.17) is 5.73 Å². The first-order valence-electron chi connectivity index (χ1n) is 8.55. The van der Waals surface area contributed by atoms with Crippen molar-refractivity contribution in [2.75, 3.05) is 13.2 Å². The first-order valence-corrected chi connectivity index (χ1v) is 8.55. The van der Waals surface area contributed by atoms with Gasteiger partial charge in [0.1, 0.15) is 6.29 Å². The molecule has 0 aliphatic carbocycles. The van der Waals surface area contributed by atoms with Gasteiger partial charge in [-0.1, -0.05) is 60.7 Å². The number of ether oxygens (including phenoxy) is 1. The molecule has 2 aromatic carbocycles. The van der Waals surface area contributed by atoms with Crippen molar-refractivity contribution in [1.82, 2.24) is 0 Å². The van der Waals surface area contributed by atoms with E-state index in [1.165, 1.54) is 11.1 Å². The van der Waals surface area contributed by atoms with Crippen LogP contribution in [0.25, 0.3) is 0 Å². The minimum Gasteiger partial charge on any atom is -0.468 e. The third-order valence-electron chi connectivity index (χ3n) is 3.14. The summed E-state index contributed by atoms with van der Waals surface area (Å²) in [5, 5.41) is 0. The van der Waals surface area contributed by atoms with Crippen LogP contribution < -0.4 is 5.73 Å². The summed E-state index contributed by atoms with van der Waals surface area (Å²) in [7, 11) is 0. The molecule has 0 radical (unpaired) electrons. The Labute approximate surface area is 151 Å². The normalized spacial score (nSPS) is 8.88. The number of benzene rings is 2. The van der Waals surface area contributed by atoms with E-state index in [1.54, 1.807) is 6.92 Å². The number of hydrogen-bond acceptors (Lipinski definition) is 4. The molecule has 2 rings (SSSR count). The van der Waals surface area contributed by atoms with E-state index in [2.05, 4.69) is 29.0 Å². The van der Waals surface area contributed by atoms with Crippen LogP contribution in [0.15, 0.2) is 60.7 Å². The molecule has 0 heterocycles. The van der Waals surface area contributed by atoms with Crippen molar-refractivity contribution >= 4 is 12.8 Å². The number of carbonyl (C=O) groups is 2. The molecular weight excluding hydrogens is 314 g/mol. The van der Waals surface area contributed by atoms with Crippen LogP contribution in [0.2, 0.25) is 0 Å². The second-order valence-corrected chi connectivity index (χ2v) is 5.12. The van der Waals surface area contributed by atoms with Gasteiger partial charge in [0.25, 0.3) is 6.47 Å². The summed E-state index contributed by atoms with van der Waals surface area (Å²) in [5.74, 6) is 0. The minimum absolute atomic E-state index is 0.431. The summed E-state index contributed by atoms with van der Waals surface area (Å²) < 4.78 is 4.15. The minimum atomic E-state index is 0.431. The molecule has 0 atom stereocenters. The van der Waals surface area contributed by atoms with Crippen molar-refractivity contribution in [3.05, 3.63) is 71.8 Å². The average Bonchev–Trinajstić information content (AvgIpc) is 2.66. The maximum absolute atomic E-state index is 10.00. The van der Waals surface area contributed by atoms with E-state index in [0.29, 0.717) is 19.5 Å². The van der Waals surface area contributed by atoms with Gasteiger partial charge in [0.2, 0.25) is 0 Å². The zero-order valence-electron chi connectivity index (χ0n) is 15.0. The highest BCUT2D eigenvalue weighted by Crippen LogP contribution is 2.02. The largest absolute Gasteiger partial charge is 0.468 e. The molecule has 0 aliphatic heterocycles. The van der Waals surface area contributed by atoms with E-state index in [-0.39, 0.29) is 0 Å². The van der Waals surface area contributed by atoms with Gasteiger partial charge in [0.15, 0.2) is 0 Å². The van der Waals surface area contributed by atoms with Crippen LogP contribution in [-0.2, 0) is 27.2 Å². The molecule has 136 valence electrons. The fraction of sp³-hybridized carbons (Fsp3) is 0.333. The van der Waals surface area contributed by atoms with Gasteiger partial charge in [-0.2, -0.15) is 0 Å². The smallest absolute Gasteiger partial charge is 0.293 e. The Morgan fingerprint density at radius 1 is 0.880 bits per heavy atom. The van der Waals surface area contributed by atoms with Crippen molar-refractivity contribution in [3.8, 4) is 0 Å². The maximum Gasteiger partial charge on any atom is 0.293 e. The molecule has 2 N–H and O–H groups in total. The van der Waals surface area contributed by atoms with Gasteiger partial charge in [-0.15, -0.1) is 0 Å². The Bertz CT molecular complexity index is 529. The number of rotatable bonds is 8. The predicted octanol–water partition coefficient (Wildman–Crippen LogP) is 3.58. The van der Waals surface area contributed by atoms with Gasteiger partial charge in [-0.25, -0.2) is 0 Å². The highest BCUT2D eigenvalue weighted by molar-refractivity contribution is 5.49. The Kier molecular flexibility index (Phi) is 16.1. The second-order valence-electron chi connectivity index (χ2n) is 5.12. The molecule has 4 heteroatoms. The molecule has 2 aromatic rings. The summed E-state index contributed by atoms with van der Waals surface area (Å²) in [4.78, 5) is 19.2. The van der Waals surface area contributed by atoms with Crippen molar-refractivity contribution in [3.63, 3.8) is 0 Å². The van der Waals surface area contributed by atoms with Crippen LogP contribution in [0.1, 0.15) is 30.9 Å². The van der Waals surface area contributed by atoms with Gasteiger partial charge >= 0.3 is 0 Å². The lowest BCUT2D eigenvalue weighted by Gasteiger charge is -1.96. The van der Waals surface area contributed by atoms with Gasteiger partial charge in [-0.3, -0.25) is 4.79 Å². The van der Waals surface area contributed by atoms with Crippen LogP contribution in [0.4, 0.5) is 0 Å². The van der Waals surface area contributed by atoms with Crippen LogP contribution in [0.5, 0.6) is 0 Å². The molecule has 0 aromatic heterocycles. The SMILES string of the molecule is CCOC=O.NCCc1ccccc1.O=CCCCc1ccccc1. The van der Waals surface area contributed by atoms with Crippen LogP contribution in [0.3, 0.4) is 0 Å². The van der Waals surface area contributed by atoms with Crippen molar-refractivity contribution in [2.24, 2.45) is 5.73 Å². The average molecular weight is 343 g/mol. The van der Waals surface area contributed by atoms with Crippen molar-refractivity contribution in [2.45, 2.75) is 32.6 Å². The first-order chi connectivity index (χ1) is 12.3. The van der Waals surface area contributed by atoms with Gasteiger partial charge < -0.3 is 15.3 Å². The molecule has 0 saturated carbocycles. The summed E-state index contributed by atoms with van der Waals surface area (Å²) in [6.45, 7) is 3.40. The Hall–Kier alpha value is -2.46. The number of unbranched alkanes of at least 4 members (excludes halogenated alkanes) is 1. The van der Waals surface area contributed by atoms with Gasteiger partial charge in [0.05, 0.1) is 6.61 Å². The number of carbonyl (C=O) groups excluding carboxylic acids is 2. The fourth-order valence-corrected chi connectivity index (χ4v) is 1.91. The monoisotopic (exact) mass is 343 g/mol. The van der Waals surface area contributed by atoms with Gasteiger partial charge in [-0.05, 0) is 43.9 Å². The van der Waals surface area contributed by atoms with Crippen LogP contribution in [-0.4, -0.2) is 25.9 Å². The van der Waals surface area contributed by atoms with Crippen LogP contribution in [0, 0.1) is 0 Å². The lowest BCUT2D eigenvalue weighted by molar-refractivity contribution is -0.128. The van der Waals surface area contributed by atoms with E-state index in [9.17, 15) is 9.59 Å². The molecule has 4 nitrogen and oxygen atoms in total.